The summed E-state index contributed by atoms with van der Waals surface area (Å²) in [6, 6.07) is 1.89. The lowest BCUT2D eigenvalue weighted by Gasteiger charge is -1.92. The molecule has 0 aliphatic carbocycles. The van der Waals surface area contributed by atoms with Gasteiger partial charge in [0.15, 0.2) is 5.78 Å². The van der Waals surface area contributed by atoms with Crippen LogP contribution in [0.1, 0.15) is 35.8 Å². The van der Waals surface area contributed by atoms with E-state index in [1.165, 1.54) is 0 Å². The number of carbonyl (C=O) groups is 1. The number of hydrogen-bond acceptors (Lipinski definition) is 1. The van der Waals surface area contributed by atoms with E-state index in [9.17, 15) is 4.79 Å². The minimum Gasteiger partial charge on any atom is -0.359 e. The molecule has 0 atom stereocenters. The van der Waals surface area contributed by atoms with Crippen molar-refractivity contribution >= 4 is 5.78 Å². The largest absolute Gasteiger partial charge is 0.359 e. The first kappa shape index (κ1) is 8.05. The van der Waals surface area contributed by atoms with E-state index in [0.717, 1.165) is 17.7 Å². The smallest absolute Gasteiger partial charge is 0.178 e. The zero-order chi connectivity index (χ0) is 8.27. The Morgan fingerprint density at radius 2 is 2.36 bits per heavy atom. The summed E-state index contributed by atoms with van der Waals surface area (Å²) in [4.78, 5) is 14.2. The Kier molecular flexibility index (Phi) is 2.47. The molecular formula is C9H13NO. The molecule has 1 heterocycles. The Morgan fingerprint density at radius 3 is 2.82 bits per heavy atom. The van der Waals surface area contributed by atoms with Gasteiger partial charge in [-0.2, -0.15) is 0 Å². The van der Waals surface area contributed by atoms with Gasteiger partial charge in [0, 0.05) is 12.6 Å². The van der Waals surface area contributed by atoms with Gasteiger partial charge >= 0.3 is 0 Å². The van der Waals surface area contributed by atoms with E-state index >= 15 is 0 Å². The molecule has 11 heavy (non-hydrogen) atoms. The molecule has 1 aromatic rings. The standard InChI is InChI=1S/C9H13NO/c1-3-4-9(11)8-5-7(2)6-10-8/h5-6,10H,3-4H2,1-2H3. The molecule has 0 saturated heterocycles. The minimum atomic E-state index is 0.209. The Morgan fingerprint density at radius 1 is 1.64 bits per heavy atom. The van der Waals surface area contributed by atoms with Crippen LogP contribution in [0.5, 0.6) is 0 Å². The molecule has 0 aliphatic rings. The molecule has 0 fully saturated rings. The van der Waals surface area contributed by atoms with Crippen molar-refractivity contribution in [1.82, 2.24) is 4.98 Å². The van der Waals surface area contributed by atoms with Crippen LogP contribution >= 0.6 is 0 Å². The monoisotopic (exact) mass is 151 g/mol. The van der Waals surface area contributed by atoms with Gasteiger partial charge in [0.1, 0.15) is 0 Å². The van der Waals surface area contributed by atoms with Gasteiger partial charge in [-0.3, -0.25) is 4.79 Å². The van der Waals surface area contributed by atoms with Crippen LogP contribution in [0.15, 0.2) is 12.3 Å². The lowest BCUT2D eigenvalue weighted by Crippen LogP contribution is -1.97. The fourth-order valence-electron chi connectivity index (χ4n) is 1.03. The van der Waals surface area contributed by atoms with Gasteiger partial charge in [-0.1, -0.05) is 6.92 Å². The van der Waals surface area contributed by atoms with Crippen molar-refractivity contribution in [3.63, 3.8) is 0 Å². The van der Waals surface area contributed by atoms with E-state index in [1.54, 1.807) is 0 Å². The molecule has 0 amide bonds. The summed E-state index contributed by atoms with van der Waals surface area (Å²) in [6.45, 7) is 3.98. The third-order valence-corrected chi connectivity index (χ3v) is 1.60. The third kappa shape index (κ3) is 1.93. The normalized spacial score (nSPS) is 10.0. The van der Waals surface area contributed by atoms with Crippen LogP contribution in [0.4, 0.5) is 0 Å². The second-order valence-electron chi connectivity index (χ2n) is 2.76. The maximum Gasteiger partial charge on any atom is 0.178 e. The lowest BCUT2D eigenvalue weighted by atomic mass is 10.2. The Labute approximate surface area is 66.6 Å². The van der Waals surface area contributed by atoms with Crippen molar-refractivity contribution in [3.8, 4) is 0 Å². The van der Waals surface area contributed by atoms with Gasteiger partial charge in [0.05, 0.1) is 5.69 Å². The highest BCUT2D eigenvalue weighted by Gasteiger charge is 2.04. The highest BCUT2D eigenvalue weighted by atomic mass is 16.1. The van der Waals surface area contributed by atoms with Crippen molar-refractivity contribution in [2.45, 2.75) is 26.7 Å². The third-order valence-electron chi connectivity index (χ3n) is 1.60. The van der Waals surface area contributed by atoms with Crippen LogP contribution in [0.2, 0.25) is 0 Å². The summed E-state index contributed by atoms with van der Waals surface area (Å²) in [5.41, 5.74) is 1.86. The molecule has 0 aromatic carbocycles. The first-order chi connectivity index (χ1) is 5.24. The average Bonchev–Trinajstić information content (AvgIpc) is 2.36. The van der Waals surface area contributed by atoms with Crippen molar-refractivity contribution in [1.29, 1.82) is 0 Å². The number of hydrogen-bond donors (Lipinski definition) is 1. The molecule has 0 unspecified atom stereocenters. The fourth-order valence-corrected chi connectivity index (χ4v) is 1.03. The summed E-state index contributed by atoms with van der Waals surface area (Å²) < 4.78 is 0. The van der Waals surface area contributed by atoms with Crippen LogP contribution in [-0.4, -0.2) is 10.8 Å². The summed E-state index contributed by atoms with van der Waals surface area (Å²) in [5.74, 6) is 0.209. The molecular weight excluding hydrogens is 138 g/mol. The molecule has 2 heteroatoms. The van der Waals surface area contributed by atoms with Gasteiger partial charge in [0.25, 0.3) is 0 Å². The molecule has 0 aliphatic heterocycles. The molecule has 2 nitrogen and oxygen atoms in total. The number of aryl methyl sites for hydroxylation is 1. The van der Waals surface area contributed by atoms with Gasteiger partial charge in [-0.25, -0.2) is 0 Å². The zero-order valence-electron chi connectivity index (χ0n) is 6.98. The molecule has 1 aromatic heterocycles. The number of Topliss-reactive ketones (excluding diaryl/α,β-unsaturated/α-hetero) is 1. The summed E-state index contributed by atoms with van der Waals surface area (Å²) in [6.07, 6.45) is 3.40. The Bertz CT molecular complexity index is 250. The van der Waals surface area contributed by atoms with Crippen molar-refractivity contribution in [2.75, 3.05) is 0 Å². The maximum absolute atomic E-state index is 11.2. The topological polar surface area (TPSA) is 32.9 Å². The van der Waals surface area contributed by atoms with E-state index in [4.69, 9.17) is 0 Å². The molecule has 0 bridgehead atoms. The Hall–Kier alpha value is -1.05. The lowest BCUT2D eigenvalue weighted by molar-refractivity contribution is 0.0977. The van der Waals surface area contributed by atoms with Crippen LogP contribution < -0.4 is 0 Å². The molecule has 60 valence electrons. The number of nitrogens with one attached hydrogen (secondary N) is 1. The molecule has 0 radical (unpaired) electrons. The van der Waals surface area contributed by atoms with Gasteiger partial charge < -0.3 is 4.98 Å². The second kappa shape index (κ2) is 3.37. The van der Waals surface area contributed by atoms with Crippen molar-refractivity contribution in [2.24, 2.45) is 0 Å². The molecule has 1 N–H and O–H groups in total. The Balaban J connectivity index is 2.69. The highest BCUT2D eigenvalue weighted by molar-refractivity contribution is 5.94. The summed E-state index contributed by atoms with van der Waals surface area (Å²) >= 11 is 0. The quantitative estimate of drug-likeness (QED) is 0.660. The number of carbonyl (C=O) groups excluding carboxylic acids is 1. The van der Waals surface area contributed by atoms with Crippen LogP contribution in [0.3, 0.4) is 0 Å². The first-order valence-corrected chi connectivity index (χ1v) is 3.92. The highest BCUT2D eigenvalue weighted by Crippen LogP contribution is 2.05. The van der Waals surface area contributed by atoms with E-state index in [2.05, 4.69) is 4.98 Å². The number of ketones is 1. The van der Waals surface area contributed by atoms with E-state index < -0.39 is 0 Å². The van der Waals surface area contributed by atoms with Gasteiger partial charge in [-0.15, -0.1) is 0 Å². The fraction of sp³-hybridized carbons (Fsp3) is 0.444. The van der Waals surface area contributed by atoms with Crippen molar-refractivity contribution in [3.05, 3.63) is 23.5 Å². The van der Waals surface area contributed by atoms with Crippen LogP contribution in [-0.2, 0) is 0 Å². The van der Waals surface area contributed by atoms with E-state index in [-0.39, 0.29) is 5.78 Å². The number of H-pyrrole nitrogens is 1. The predicted octanol–water partition coefficient (Wildman–Crippen LogP) is 2.31. The van der Waals surface area contributed by atoms with Crippen molar-refractivity contribution < 1.29 is 4.79 Å². The molecule has 0 spiro atoms. The van der Waals surface area contributed by atoms with Gasteiger partial charge in [0.2, 0.25) is 0 Å². The number of rotatable bonds is 3. The maximum atomic E-state index is 11.2. The molecule has 0 saturated carbocycles. The van der Waals surface area contributed by atoms with E-state index in [0.29, 0.717) is 6.42 Å². The van der Waals surface area contributed by atoms with E-state index in [1.807, 2.05) is 26.1 Å². The zero-order valence-corrected chi connectivity index (χ0v) is 6.98. The van der Waals surface area contributed by atoms with Crippen LogP contribution in [0.25, 0.3) is 0 Å². The SMILES string of the molecule is CCCC(=O)c1cc(C)c[nH]1. The summed E-state index contributed by atoms with van der Waals surface area (Å²) in [7, 11) is 0. The first-order valence-electron chi connectivity index (χ1n) is 3.92. The number of aromatic amines is 1. The predicted molar refractivity (Wildman–Crippen MR) is 44.8 cm³/mol. The van der Waals surface area contributed by atoms with Gasteiger partial charge in [-0.05, 0) is 25.0 Å². The molecule has 1 rings (SSSR count). The number of aromatic nitrogens is 1. The second-order valence-corrected chi connectivity index (χ2v) is 2.76. The minimum absolute atomic E-state index is 0.209. The van der Waals surface area contributed by atoms with Crippen LogP contribution in [0, 0.1) is 6.92 Å². The summed E-state index contributed by atoms with van der Waals surface area (Å²) in [5, 5.41) is 0. The average molecular weight is 151 g/mol.